The van der Waals surface area contributed by atoms with Gasteiger partial charge in [0, 0.05) is 6.42 Å². The average molecular weight is 206 g/mol. The molecule has 0 aliphatic heterocycles. The lowest BCUT2D eigenvalue weighted by molar-refractivity contribution is 0.0661. The molecule has 0 aliphatic carbocycles. The van der Waals surface area contributed by atoms with Crippen molar-refractivity contribution in [3.8, 4) is 12.3 Å². The van der Waals surface area contributed by atoms with Crippen molar-refractivity contribution >= 4 is 0 Å². The van der Waals surface area contributed by atoms with Crippen LogP contribution in [0.3, 0.4) is 0 Å². The predicted octanol–water partition coefficient (Wildman–Crippen LogP) is 3.03. The SMILES string of the molecule is C#CCO[C@@H](CCCC)Cc1ccco1. The highest BCUT2D eigenvalue weighted by Crippen LogP contribution is 2.12. The number of rotatable bonds is 7. The normalized spacial score (nSPS) is 12.3. The lowest BCUT2D eigenvalue weighted by Gasteiger charge is -2.14. The third kappa shape index (κ3) is 4.71. The van der Waals surface area contributed by atoms with Crippen LogP contribution >= 0.6 is 0 Å². The van der Waals surface area contributed by atoms with Gasteiger partial charge in [0.2, 0.25) is 0 Å². The van der Waals surface area contributed by atoms with Crippen molar-refractivity contribution in [3.63, 3.8) is 0 Å². The van der Waals surface area contributed by atoms with Crippen molar-refractivity contribution in [2.24, 2.45) is 0 Å². The molecule has 0 radical (unpaired) electrons. The Kier molecular flexibility index (Phi) is 5.65. The number of hydrogen-bond donors (Lipinski definition) is 0. The maximum absolute atomic E-state index is 5.57. The van der Waals surface area contributed by atoms with E-state index < -0.39 is 0 Å². The van der Waals surface area contributed by atoms with E-state index in [1.54, 1.807) is 6.26 Å². The van der Waals surface area contributed by atoms with Gasteiger partial charge in [0.25, 0.3) is 0 Å². The first-order valence-electron chi connectivity index (χ1n) is 5.44. The Balaban J connectivity index is 2.38. The van der Waals surface area contributed by atoms with Crippen molar-refractivity contribution in [2.75, 3.05) is 6.61 Å². The molecule has 0 bridgehead atoms. The Morgan fingerprint density at radius 2 is 2.47 bits per heavy atom. The van der Waals surface area contributed by atoms with Crippen LogP contribution in [0.4, 0.5) is 0 Å². The Bertz CT molecular complexity index is 282. The standard InChI is InChI=1S/C13H18O2/c1-3-5-7-12(14-9-4-2)11-13-8-6-10-15-13/h2,6,8,10,12H,3,5,7,9,11H2,1H3/t12-/m0/s1. The van der Waals surface area contributed by atoms with Gasteiger partial charge in [0.05, 0.1) is 12.4 Å². The van der Waals surface area contributed by atoms with Crippen LogP contribution in [0.5, 0.6) is 0 Å². The Hall–Kier alpha value is -1.20. The molecule has 2 heteroatoms. The minimum atomic E-state index is 0.187. The van der Waals surface area contributed by atoms with Crippen molar-refractivity contribution in [1.82, 2.24) is 0 Å². The summed E-state index contributed by atoms with van der Waals surface area (Å²) < 4.78 is 10.9. The summed E-state index contributed by atoms with van der Waals surface area (Å²) in [5, 5.41) is 0. The summed E-state index contributed by atoms with van der Waals surface area (Å²) in [6.45, 7) is 2.56. The molecule has 0 spiro atoms. The van der Waals surface area contributed by atoms with E-state index in [0.717, 1.165) is 25.0 Å². The molecule has 82 valence electrons. The van der Waals surface area contributed by atoms with E-state index >= 15 is 0 Å². The molecule has 0 N–H and O–H groups in total. The van der Waals surface area contributed by atoms with Gasteiger partial charge < -0.3 is 9.15 Å². The Labute approximate surface area is 91.6 Å². The molecule has 0 unspecified atom stereocenters. The first-order chi connectivity index (χ1) is 7.36. The van der Waals surface area contributed by atoms with Crippen LogP contribution in [-0.2, 0) is 11.2 Å². The maximum Gasteiger partial charge on any atom is 0.107 e. The van der Waals surface area contributed by atoms with E-state index in [9.17, 15) is 0 Å². The lowest BCUT2D eigenvalue weighted by atomic mass is 10.1. The molecule has 1 atom stereocenters. The van der Waals surface area contributed by atoms with E-state index in [0.29, 0.717) is 6.61 Å². The van der Waals surface area contributed by atoms with Crippen molar-refractivity contribution < 1.29 is 9.15 Å². The van der Waals surface area contributed by atoms with Gasteiger partial charge >= 0.3 is 0 Å². The quantitative estimate of drug-likeness (QED) is 0.640. The molecular formula is C13H18O2. The van der Waals surface area contributed by atoms with E-state index in [2.05, 4.69) is 12.8 Å². The zero-order valence-electron chi connectivity index (χ0n) is 9.24. The molecule has 15 heavy (non-hydrogen) atoms. The van der Waals surface area contributed by atoms with Crippen molar-refractivity contribution in [3.05, 3.63) is 24.2 Å². The zero-order valence-corrected chi connectivity index (χ0v) is 9.24. The van der Waals surface area contributed by atoms with Gasteiger partial charge in [-0.2, -0.15) is 0 Å². The summed E-state index contributed by atoms with van der Waals surface area (Å²) in [5.41, 5.74) is 0. The highest BCUT2D eigenvalue weighted by molar-refractivity contribution is 4.99. The van der Waals surface area contributed by atoms with Gasteiger partial charge in [-0.3, -0.25) is 0 Å². The molecule has 1 heterocycles. The third-order valence-electron chi connectivity index (χ3n) is 2.29. The smallest absolute Gasteiger partial charge is 0.107 e. The monoisotopic (exact) mass is 206 g/mol. The van der Waals surface area contributed by atoms with Crippen LogP contribution in [0.15, 0.2) is 22.8 Å². The van der Waals surface area contributed by atoms with Crippen LogP contribution in [0.1, 0.15) is 31.9 Å². The number of terminal acetylenes is 1. The average Bonchev–Trinajstić information content (AvgIpc) is 2.74. The highest BCUT2D eigenvalue weighted by Gasteiger charge is 2.10. The molecule has 0 aromatic carbocycles. The molecule has 1 rings (SSSR count). The van der Waals surface area contributed by atoms with Gasteiger partial charge in [-0.15, -0.1) is 6.42 Å². The van der Waals surface area contributed by atoms with Gasteiger partial charge in [0.1, 0.15) is 12.4 Å². The van der Waals surface area contributed by atoms with Gasteiger partial charge in [0.15, 0.2) is 0 Å². The van der Waals surface area contributed by atoms with Crippen LogP contribution in [0.25, 0.3) is 0 Å². The topological polar surface area (TPSA) is 22.4 Å². The fraction of sp³-hybridized carbons (Fsp3) is 0.538. The lowest BCUT2D eigenvalue weighted by Crippen LogP contribution is -2.16. The number of ether oxygens (including phenoxy) is 1. The van der Waals surface area contributed by atoms with Crippen LogP contribution in [0.2, 0.25) is 0 Å². The molecule has 1 aromatic rings. The van der Waals surface area contributed by atoms with E-state index in [-0.39, 0.29) is 6.10 Å². The second-order valence-corrected chi connectivity index (χ2v) is 3.56. The molecular weight excluding hydrogens is 188 g/mol. The molecule has 1 aromatic heterocycles. The summed E-state index contributed by atoms with van der Waals surface area (Å²) in [5.74, 6) is 3.47. The van der Waals surface area contributed by atoms with Crippen molar-refractivity contribution in [2.45, 2.75) is 38.7 Å². The molecule has 0 fully saturated rings. The Morgan fingerprint density at radius 1 is 1.60 bits per heavy atom. The number of hydrogen-bond acceptors (Lipinski definition) is 2. The second-order valence-electron chi connectivity index (χ2n) is 3.56. The minimum absolute atomic E-state index is 0.187. The summed E-state index contributed by atoms with van der Waals surface area (Å²) in [6.07, 6.45) is 11.2. The predicted molar refractivity (Wildman–Crippen MR) is 60.5 cm³/mol. The number of furan rings is 1. The molecule has 0 aliphatic rings. The van der Waals surface area contributed by atoms with Gasteiger partial charge in [-0.1, -0.05) is 25.7 Å². The Morgan fingerprint density at radius 3 is 3.07 bits per heavy atom. The maximum atomic E-state index is 5.57. The van der Waals surface area contributed by atoms with E-state index in [1.165, 1.54) is 6.42 Å². The summed E-state index contributed by atoms with van der Waals surface area (Å²) in [4.78, 5) is 0. The van der Waals surface area contributed by atoms with E-state index in [4.69, 9.17) is 15.6 Å². The summed E-state index contributed by atoms with van der Waals surface area (Å²) in [6, 6.07) is 3.87. The first kappa shape index (κ1) is 11.9. The molecule has 0 saturated carbocycles. The van der Waals surface area contributed by atoms with Gasteiger partial charge in [-0.05, 0) is 18.6 Å². The van der Waals surface area contributed by atoms with Crippen LogP contribution in [-0.4, -0.2) is 12.7 Å². The van der Waals surface area contributed by atoms with E-state index in [1.807, 2.05) is 12.1 Å². The second kappa shape index (κ2) is 7.14. The van der Waals surface area contributed by atoms with Gasteiger partial charge in [-0.25, -0.2) is 0 Å². The molecule has 0 amide bonds. The van der Waals surface area contributed by atoms with Crippen molar-refractivity contribution in [1.29, 1.82) is 0 Å². The molecule has 2 nitrogen and oxygen atoms in total. The zero-order chi connectivity index (χ0) is 10.9. The first-order valence-corrected chi connectivity index (χ1v) is 5.44. The largest absolute Gasteiger partial charge is 0.469 e. The highest BCUT2D eigenvalue weighted by atomic mass is 16.5. The van der Waals surface area contributed by atoms with Crippen LogP contribution < -0.4 is 0 Å². The van der Waals surface area contributed by atoms with Crippen LogP contribution in [0, 0.1) is 12.3 Å². The fourth-order valence-electron chi connectivity index (χ4n) is 1.50. The summed E-state index contributed by atoms with van der Waals surface area (Å²) in [7, 11) is 0. The minimum Gasteiger partial charge on any atom is -0.469 e. The molecule has 0 saturated heterocycles. The summed E-state index contributed by atoms with van der Waals surface area (Å²) >= 11 is 0. The number of unbranched alkanes of at least 4 members (excludes halogenated alkanes) is 1. The third-order valence-corrected chi connectivity index (χ3v) is 2.29. The fourth-order valence-corrected chi connectivity index (χ4v) is 1.50.